The minimum Gasteiger partial charge on any atom is -0.380 e. The Hall–Kier alpha value is -2.20. The lowest BCUT2D eigenvalue weighted by Gasteiger charge is -2.09. The van der Waals surface area contributed by atoms with Crippen molar-refractivity contribution in [2.75, 3.05) is 12.4 Å². The molecule has 2 rings (SSSR count). The van der Waals surface area contributed by atoms with E-state index in [2.05, 4.69) is 5.32 Å². The Kier molecular flexibility index (Phi) is 4.48. The van der Waals surface area contributed by atoms with E-state index in [-0.39, 0.29) is 11.7 Å². The first kappa shape index (κ1) is 14.2. The number of aryl methyl sites for hydroxylation is 1. The average Bonchev–Trinajstić information content (AvgIpc) is 2.43. The van der Waals surface area contributed by atoms with E-state index in [0.717, 1.165) is 5.56 Å². The van der Waals surface area contributed by atoms with E-state index in [1.54, 1.807) is 32.2 Å². The van der Waals surface area contributed by atoms with Crippen molar-refractivity contribution in [1.82, 2.24) is 0 Å². The van der Waals surface area contributed by atoms with Gasteiger partial charge in [-0.1, -0.05) is 12.1 Å². The van der Waals surface area contributed by atoms with Gasteiger partial charge in [-0.25, -0.2) is 4.39 Å². The molecule has 0 atom stereocenters. The summed E-state index contributed by atoms with van der Waals surface area (Å²) in [5.41, 5.74) is 2.85. The molecule has 0 fully saturated rings. The summed E-state index contributed by atoms with van der Waals surface area (Å²) in [5.74, 6) is -0.534. The molecule has 1 N–H and O–H groups in total. The van der Waals surface area contributed by atoms with Crippen LogP contribution in [0, 0.1) is 12.7 Å². The number of nitrogens with one attached hydrogen (secondary N) is 1. The summed E-state index contributed by atoms with van der Waals surface area (Å²) < 4.78 is 18.0. The first-order chi connectivity index (χ1) is 9.60. The Labute approximate surface area is 117 Å². The molecule has 0 aliphatic rings. The minimum atomic E-state index is -0.315. The van der Waals surface area contributed by atoms with Gasteiger partial charge in [0.25, 0.3) is 5.91 Å². The molecule has 104 valence electrons. The molecule has 4 heteroatoms. The van der Waals surface area contributed by atoms with Crippen molar-refractivity contribution in [1.29, 1.82) is 0 Å². The molecule has 0 saturated heterocycles. The standard InChI is InChI=1S/C16H16FNO2/c1-11-9-14(17)7-8-15(11)18-16(19)13-5-3-12(4-6-13)10-20-2/h3-9H,10H2,1-2H3,(H,18,19). The lowest BCUT2D eigenvalue weighted by Crippen LogP contribution is -2.12. The van der Waals surface area contributed by atoms with Gasteiger partial charge in [0.2, 0.25) is 0 Å². The second-order valence-electron chi connectivity index (χ2n) is 4.54. The van der Waals surface area contributed by atoms with Gasteiger partial charge in [-0.3, -0.25) is 4.79 Å². The third kappa shape index (κ3) is 3.42. The summed E-state index contributed by atoms with van der Waals surface area (Å²) in [6, 6.07) is 11.4. The summed E-state index contributed by atoms with van der Waals surface area (Å²) in [7, 11) is 1.62. The van der Waals surface area contributed by atoms with Gasteiger partial charge in [0.15, 0.2) is 0 Å². The highest BCUT2D eigenvalue weighted by Gasteiger charge is 2.08. The van der Waals surface area contributed by atoms with Gasteiger partial charge in [-0.2, -0.15) is 0 Å². The molecule has 20 heavy (non-hydrogen) atoms. The highest BCUT2D eigenvalue weighted by atomic mass is 19.1. The maximum absolute atomic E-state index is 13.0. The zero-order valence-corrected chi connectivity index (χ0v) is 11.4. The summed E-state index contributed by atoms with van der Waals surface area (Å²) in [5, 5.41) is 2.77. The second kappa shape index (κ2) is 6.30. The van der Waals surface area contributed by atoms with Gasteiger partial charge in [0, 0.05) is 18.4 Å². The van der Waals surface area contributed by atoms with Crippen LogP contribution in [0.5, 0.6) is 0 Å². The van der Waals surface area contributed by atoms with E-state index in [0.29, 0.717) is 23.4 Å². The number of anilines is 1. The Morgan fingerprint density at radius 3 is 2.50 bits per heavy atom. The van der Waals surface area contributed by atoms with Crippen molar-refractivity contribution in [2.45, 2.75) is 13.5 Å². The van der Waals surface area contributed by atoms with Gasteiger partial charge in [0.1, 0.15) is 5.82 Å². The number of carbonyl (C=O) groups is 1. The van der Waals surface area contributed by atoms with E-state index in [1.165, 1.54) is 12.1 Å². The van der Waals surface area contributed by atoms with Gasteiger partial charge >= 0.3 is 0 Å². The fraction of sp³-hybridized carbons (Fsp3) is 0.188. The molecule has 0 aliphatic heterocycles. The largest absolute Gasteiger partial charge is 0.380 e. The summed E-state index contributed by atoms with van der Waals surface area (Å²) in [6.45, 7) is 2.26. The molecule has 0 saturated carbocycles. The van der Waals surface area contributed by atoms with Gasteiger partial charge in [0.05, 0.1) is 6.61 Å². The average molecular weight is 273 g/mol. The van der Waals surface area contributed by atoms with Crippen LogP contribution < -0.4 is 5.32 Å². The molecule has 0 aromatic heterocycles. The zero-order chi connectivity index (χ0) is 14.5. The van der Waals surface area contributed by atoms with Gasteiger partial charge in [-0.15, -0.1) is 0 Å². The fourth-order valence-corrected chi connectivity index (χ4v) is 1.88. The van der Waals surface area contributed by atoms with Crippen molar-refractivity contribution in [3.63, 3.8) is 0 Å². The minimum absolute atomic E-state index is 0.219. The van der Waals surface area contributed by atoms with E-state index >= 15 is 0 Å². The maximum atomic E-state index is 13.0. The predicted octanol–water partition coefficient (Wildman–Crippen LogP) is 3.53. The molecule has 0 spiro atoms. The third-order valence-corrected chi connectivity index (χ3v) is 2.96. The van der Waals surface area contributed by atoms with Crippen LogP contribution in [-0.4, -0.2) is 13.0 Å². The van der Waals surface area contributed by atoms with Gasteiger partial charge < -0.3 is 10.1 Å². The Bertz CT molecular complexity index is 608. The molecule has 0 heterocycles. The maximum Gasteiger partial charge on any atom is 0.255 e. The quantitative estimate of drug-likeness (QED) is 0.925. The SMILES string of the molecule is COCc1ccc(C(=O)Nc2ccc(F)cc2C)cc1. The van der Waals surface area contributed by atoms with E-state index in [4.69, 9.17) is 4.74 Å². The molecule has 0 bridgehead atoms. The van der Waals surface area contributed by atoms with Crippen LogP contribution in [0.1, 0.15) is 21.5 Å². The van der Waals surface area contributed by atoms with Crippen LogP contribution >= 0.6 is 0 Å². The molecule has 0 aliphatic carbocycles. The molecule has 2 aromatic carbocycles. The smallest absolute Gasteiger partial charge is 0.255 e. The Morgan fingerprint density at radius 2 is 1.90 bits per heavy atom. The van der Waals surface area contributed by atoms with Crippen LogP contribution in [0.2, 0.25) is 0 Å². The highest BCUT2D eigenvalue weighted by Crippen LogP contribution is 2.17. The van der Waals surface area contributed by atoms with Crippen molar-refractivity contribution in [3.05, 3.63) is 65.0 Å². The number of ether oxygens (including phenoxy) is 1. The topological polar surface area (TPSA) is 38.3 Å². The van der Waals surface area contributed by atoms with E-state index in [1.807, 2.05) is 12.1 Å². The number of amides is 1. The number of hydrogen-bond donors (Lipinski definition) is 1. The normalized spacial score (nSPS) is 10.3. The highest BCUT2D eigenvalue weighted by molar-refractivity contribution is 6.04. The lowest BCUT2D eigenvalue weighted by molar-refractivity contribution is 0.102. The number of methoxy groups -OCH3 is 1. The summed E-state index contributed by atoms with van der Waals surface area (Å²) in [4.78, 5) is 12.1. The van der Waals surface area contributed by atoms with Crippen molar-refractivity contribution >= 4 is 11.6 Å². The van der Waals surface area contributed by atoms with Crippen LogP contribution in [0.4, 0.5) is 10.1 Å². The molecule has 1 amide bonds. The molecule has 2 aromatic rings. The van der Waals surface area contributed by atoms with Crippen LogP contribution in [0.25, 0.3) is 0 Å². The third-order valence-electron chi connectivity index (χ3n) is 2.96. The van der Waals surface area contributed by atoms with Gasteiger partial charge in [-0.05, 0) is 48.4 Å². The number of hydrogen-bond acceptors (Lipinski definition) is 2. The summed E-state index contributed by atoms with van der Waals surface area (Å²) >= 11 is 0. The van der Waals surface area contributed by atoms with Crippen LogP contribution in [-0.2, 0) is 11.3 Å². The number of benzene rings is 2. The first-order valence-electron chi connectivity index (χ1n) is 6.25. The van der Waals surface area contributed by atoms with E-state index in [9.17, 15) is 9.18 Å². The van der Waals surface area contributed by atoms with E-state index < -0.39 is 0 Å². The molecular formula is C16H16FNO2. The predicted molar refractivity (Wildman–Crippen MR) is 76.2 cm³/mol. The second-order valence-corrected chi connectivity index (χ2v) is 4.54. The first-order valence-corrected chi connectivity index (χ1v) is 6.25. The number of rotatable bonds is 4. The molecule has 3 nitrogen and oxygen atoms in total. The molecule has 0 unspecified atom stereocenters. The molecular weight excluding hydrogens is 257 g/mol. The van der Waals surface area contributed by atoms with Crippen molar-refractivity contribution in [2.24, 2.45) is 0 Å². The zero-order valence-electron chi connectivity index (χ0n) is 11.4. The monoisotopic (exact) mass is 273 g/mol. The van der Waals surface area contributed by atoms with Crippen molar-refractivity contribution in [3.8, 4) is 0 Å². The number of halogens is 1. The van der Waals surface area contributed by atoms with Crippen molar-refractivity contribution < 1.29 is 13.9 Å². The Morgan fingerprint density at radius 1 is 1.20 bits per heavy atom. The number of carbonyl (C=O) groups excluding carboxylic acids is 1. The van der Waals surface area contributed by atoms with Crippen LogP contribution in [0.15, 0.2) is 42.5 Å². The molecule has 0 radical (unpaired) electrons. The van der Waals surface area contributed by atoms with Crippen LogP contribution in [0.3, 0.4) is 0 Å². The summed E-state index contributed by atoms with van der Waals surface area (Å²) in [6.07, 6.45) is 0. The fourth-order valence-electron chi connectivity index (χ4n) is 1.88. The lowest BCUT2D eigenvalue weighted by atomic mass is 10.1. The Balaban J connectivity index is 2.11.